The zero-order valence-corrected chi connectivity index (χ0v) is 21.5. The number of carbonyl (C=O) groups excluding carboxylic acids is 4. The smallest absolute Gasteiger partial charge is 0.326 e. The number of nitrogens with one attached hydrogen (secondary N) is 4. The Balaban J connectivity index is 3.02. The van der Waals surface area contributed by atoms with Crippen molar-refractivity contribution in [1.82, 2.24) is 25.9 Å². The standard InChI is InChI=1S/C22H38N10O6/c1-11(2)6-16(21(37)38)32-20(36)15(8-17(24)33)31-19(35)14(4-3-5-28-22(25)26)30-18(34)13(23)7-12-9-27-10-29-12/h9-11,13-16H,3-8,23H2,1-2H3,(H2,24,33)(H,27,29)(H,30,34)(H,31,35)(H,32,36)(H,37,38)(H4,25,26,28). The Morgan fingerprint density at radius 1 is 1.00 bits per heavy atom. The van der Waals surface area contributed by atoms with Crippen LogP contribution in [0.5, 0.6) is 0 Å². The summed E-state index contributed by atoms with van der Waals surface area (Å²) in [6, 6.07) is -4.94. The van der Waals surface area contributed by atoms with Gasteiger partial charge >= 0.3 is 5.97 Å². The summed E-state index contributed by atoms with van der Waals surface area (Å²) in [6.45, 7) is 3.71. The summed E-state index contributed by atoms with van der Waals surface area (Å²) in [7, 11) is 0. The fraction of sp³-hybridized carbons (Fsp3) is 0.591. The minimum Gasteiger partial charge on any atom is -0.480 e. The molecule has 4 amide bonds. The number of hydrogen-bond donors (Lipinski definition) is 9. The summed E-state index contributed by atoms with van der Waals surface area (Å²) in [5.41, 5.74) is 22.4. The Hall–Kier alpha value is -4.21. The molecule has 1 heterocycles. The quantitative estimate of drug-likeness (QED) is 0.0543. The van der Waals surface area contributed by atoms with Gasteiger partial charge in [0.05, 0.1) is 18.8 Å². The predicted molar refractivity (Wildman–Crippen MR) is 137 cm³/mol. The van der Waals surface area contributed by atoms with E-state index in [1.165, 1.54) is 12.5 Å². The normalized spacial score (nSPS) is 14.0. The summed E-state index contributed by atoms with van der Waals surface area (Å²) in [4.78, 5) is 72.3. The van der Waals surface area contributed by atoms with Crippen LogP contribution in [0.4, 0.5) is 0 Å². The third-order valence-electron chi connectivity index (χ3n) is 5.27. The summed E-state index contributed by atoms with van der Waals surface area (Å²) in [5.74, 6) is -4.76. The number of H-pyrrole nitrogens is 1. The van der Waals surface area contributed by atoms with Gasteiger partial charge in [0.15, 0.2) is 5.96 Å². The molecule has 212 valence electrons. The maximum Gasteiger partial charge on any atom is 0.326 e. The molecule has 1 aromatic heterocycles. The van der Waals surface area contributed by atoms with Crippen molar-refractivity contribution in [2.45, 2.75) is 70.1 Å². The lowest BCUT2D eigenvalue weighted by Crippen LogP contribution is -2.58. The van der Waals surface area contributed by atoms with Crippen LogP contribution in [0.15, 0.2) is 17.5 Å². The second-order valence-corrected chi connectivity index (χ2v) is 9.16. The van der Waals surface area contributed by atoms with Crippen molar-refractivity contribution in [2.24, 2.45) is 33.8 Å². The first-order valence-electron chi connectivity index (χ1n) is 12.0. The van der Waals surface area contributed by atoms with Crippen LogP contribution in [-0.2, 0) is 30.4 Å². The number of amides is 4. The molecule has 0 saturated heterocycles. The molecule has 0 aliphatic heterocycles. The molecular weight excluding hydrogens is 500 g/mol. The molecular formula is C22H38N10O6. The Kier molecular flexibility index (Phi) is 13.2. The highest BCUT2D eigenvalue weighted by molar-refractivity contribution is 5.96. The van der Waals surface area contributed by atoms with Crippen molar-refractivity contribution in [3.05, 3.63) is 18.2 Å². The molecule has 0 radical (unpaired) electrons. The van der Waals surface area contributed by atoms with E-state index in [9.17, 15) is 29.1 Å². The topological polar surface area (TPSA) is 287 Å². The number of aromatic amines is 1. The number of aromatic nitrogens is 2. The lowest BCUT2D eigenvalue weighted by molar-refractivity contribution is -0.143. The zero-order chi connectivity index (χ0) is 28.8. The number of rotatable bonds is 17. The highest BCUT2D eigenvalue weighted by Gasteiger charge is 2.31. The van der Waals surface area contributed by atoms with Crippen LogP contribution >= 0.6 is 0 Å². The highest BCUT2D eigenvalue weighted by atomic mass is 16.4. The molecule has 0 bridgehead atoms. The fourth-order valence-corrected chi connectivity index (χ4v) is 3.43. The Morgan fingerprint density at radius 3 is 2.13 bits per heavy atom. The molecule has 38 heavy (non-hydrogen) atoms. The van der Waals surface area contributed by atoms with Gasteiger partial charge in [-0.2, -0.15) is 0 Å². The minimum atomic E-state index is -1.48. The van der Waals surface area contributed by atoms with Gasteiger partial charge in [-0.05, 0) is 25.2 Å². The van der Waals surface area contributed by atoms with Gasteiger partial charge < -0.3 is 49.0 Å². The summed E-state index contributed by atoms with van der Waals surface area (Å²) in [6.07, 6.45) is 2.90. The maximum atomic E-state index is 13.1. The van der Waals surface area contributed by atoms with Gasteiger partial charge in [-0.3, -0.25) is 24.2 Å². The zero-order valence-electron chi connectivity index (χ0n) is 21.5. The number of guanidine groups is 1. The van der Waals surface area contributed by atoms with E-state index < -0.39 is 60.2 Å². The predicted octanol–water partition coefficient (Wildman–Crippen LogP) is -3.21. The molecule has 1 aromatic rings. The molecule has 4 atom stereocenters. The number of imidazole rings is 1. The summed E-state index contributed by atoms with van der Waals surface area (Å²) >= 11 is 0. The molecule has 0 saturated carbocycles. The molecule has 0 aliphatic rings. The first-order valence-corrected chi connectivity index (χ1v) is 12.0. The fourth-order valence-electron chi connectivity index (χ4n) is 3.43. The van der Waals surface area contributed by atoms with Crippen molar-refractivity contribution in [2.75, 3.05) is 6.54 Å². The van der Waals surface area contributed by atoms with Gasteiger partial charge in [0.1, 0.15) is 18.1 Å². The van der Waals surface area contributed by atoms with Crippen molar-refractivity contribution >= 4 is 35.6 Å². The number of carboxylic acids is 1. The van der Waals surface area contributed by atoms with Gasteiger partial charge in [0.2, 0.25) is 23.6 Å². The third-order valence-corrected chi connectivity index (χ3v) is 5.27. The van der Waals surface area contributed by atoms with Crippen LogP contribution in [0.3, 0.4) is 0 Å². The molecule has 0 spiro atoms. The van der Waals surface area contributed by atoms with Crippen LogP contribution in [-0.4, -0.2) is 81.3 Å². The third kappa shape index (κ3) is 12.2. The van der Waals surface area contributed by atoms with E-state index in [4.69, 9.17) is 22.9 Å². The van der Waals surface area contributed by atoms with Crippen LogP contribution in [0, 0.1) is 5.92 Å². The number of aliphatic carboxylic acids is 1. The van der Waals surface area contributed by atoms with Crippen LogP contribution in [0.25, 0.3) is 0 Å². The van der Waals surface area contributed by atoms with Crippen molar-refractivity contribution in [1.29, 1.82) is 0 Å². The minimum absolute atomic E-state index is 0.0567. The van der Waals surface area contributed by atoms with Gasteiger partial charge in [-0.25, -0.2) is 9.78 Å². The summed E-state index contributed by atoms with van der Waals surface area (Å²) < 4.78 is 0. The van der Waals surface area contributed by atoms with E-state index in [0.29, 0.717) is 5.69 Å². The first kappa shape index (κ1) is 31.8. The molecule has 4 unspecified atom stereocenters. The monoisotopic (exact) mass is 538 g/mol. The van der Waals surface area contributed by atoms with Crippen LogP contribution in [0.1, 0.15) is 45.2 Å². The number of hydrogen-bond acceptors (Lipinski definition) is 8. The van der Waals surface area contributed by atoms with E-state index in [0.717, 1.165) is 0 Å². The molecule has 16 nitrogen and oxygen atoms in total. The number of aliphatic imine (C=N–C) groups is 1. The average molecular weight is 539 g/mol. The summed E-state index contributed by atoms with van der Waals surface area (Å²) in [5, 5.41) is 16.7. The second-order valence-electron chi connectivity index (χ2n) is 9.16. The lowest BCUT2D eigenvalue weighted by Gasteiger charge is -2.25. The maximum absolute atomic E-state index is 13.1. The van der Waals surface area contributed by atoms with E-state index in [2.05, 4.69) is 30.9 Å². The van der Waals surface area contributed by atoms with E-state index >= 15 is 0 Å². The molecule has 0 aliphatic carbocycles. The van der Waals surface area contributed by atoms with Gasteiger partial charge in [-0.15, -0.1) is 0 Å². The van der Waals surface area contributed by atoms with Crippen molar-refractivity contribution in [3.8, 4) is 0 Å². The second kappa shape index (κ2) is 15.8. The van der Waals surface area contributed by atoms with Crippen LogP contribution in [0.2, 0.25) is 0 Å². The SMILES string of the molecule is CC(C)CC(NC(=O)C(CC(N)=O)NC(=O)C(CCCN=C(N)N)NC(=O)C(N)Cc1cnc[nH]1)C(=O)O. The van der Waals surface area contributed by atoms with Gasteiger partial charge in [0.25, 0.3) is 0 Å². The van der Waals surface area contributed by atoms with Crippen molar-refractivity contribution < 1.29 is 29.1 Å². The lowest BCUT2D eigenvalue weighted by atomic mass is 10.0. The Labute approximate surface area is 219 Å². The molecule has 16 heteroatoms. The molecule has 0 fully saturated rings. The number of carbonyl (C=O) groups is 5. The van der Waals surface area contributed by atoms with Crippen molar-refractivity contribution in [3.63, 3.8) is 0 Å². The number of nitrogens with two attached hydrogens (primary N) is 4. The van der Waals surface area contributed by atoms with E-state index in [1.54, 1.807) is 13.8 Å². The molecule has 13 N–H and O–H groups in total. The Bertz CT molecular complexity index is 977. The first-order chi connectivity index (χ1) is 17.8. The number of primary amides is 1. The van der Waals surface area contributed by atoms with Gasteiger partial charge in [-0.1, -0.05) is 13.8 Å². The number of carboxylic acid groups (broad SMARTS) is 1. The molecule has 0 aromatic carbocycles. The van der Waals surface area contributed by atoms with Gasteiger partial charge in [0, 0.05) is 24.9 Å². The number of nitrogens with zero attached hydrogens (tertiary/aromatic N) is 2. The van der Waals surface area contributed by atoms with E-state index in [1.807, 2.05) is 0 Å². The van der Waals surface area contributed by atoms with E-state index in [-0.39, 0.29) is 44.1 Å². The van der Waals surface area contributed by atoms with Crippen LogP contribution < -0.4 is 38.9 Å². The largest absolute Gasteiger partial charge is 0.480 e. The molecule has 1 rings (SSSR count). The Morgan fingerprint density at radius 2 is 1.61 bits per heavy atom. The average Bonchev–Trinajstić information content (AvgIpc) is 3.32. The highest BCUT2D eigenvalue weighted by Crippen LogP contribution is 2.07.